The molecule has 1 heterocycles. The smallest absolute Gasteiger partial charge is 0.448 e. The molecular formula is C6H12BF3KNO. The number of hydrogen-bond donors (Lipinski definition) is 0. The Morgan fingerprint density at radius 3 is 2.46 bits per heavy atom. The maximum absolute atomic E-state index is 12.0. The van der Waals surface area contributed by atoms with E-state index >= 15 is 0 Å². The zero-order valence-corrected chi connectivity index (χ0v) is 10.9. The van der Waals surface area contributed by atoms with Crippen molar-refractivity contribution in [3.8, 4) is 0 Å². The molecule has 0 aliphatic carbocycles. The first kappa shape index (κ1) is 14.4. The van der Waals surface area contributed by atoms with Crippen molar-refractivity contribution in [1.82, 2.24) is 4.90 Å². The second-order valence-electron chi connectivity index (χ2n) is 2.98. The summed E-state index contributed by atoms with van der Waals surface area (Å²) in [6.45, 7) is -2.76. The van der Waals surface area contributed by atoms with Crippen molar-refractivity contribution in [3.05, 3.63) is 0 Å². The van der Waals surface area contributed by atoms with E-state index in [1.807, 2.05) is 0 Å². The molecule has 0 aromatic carbocycles. The maximum Gasteiger partial charge on any atom is 1.00 e. The third-order valence-corrected chi connectivity index (χ3v) is 1.78. The van der Waals surface area contributed by atoms with Crippen LogP contribution in [0.3, 0.4) is 0 Å². The van der Waals surface area contributed by atoms with E-state index in [0.717, 1.165) is 0 Å². The van der Waals surface area contributed by atoms with Gasteiger partial charge in [0.15, 0.2) is 0 Å². The van der Waals surface area contributed by atoms with Crippen LogP contribution in [0.25, 0.3) is 0 Å². The van der Waals surface area contributed by atoms with Crippen molar-refractivity contribution in [1.29, 1.82) is 0 Å². The molecule has 1 aliphatic heterocycles. The Hall–Kier alpha value is 1.41. The van der Waals surface area contributed by atoms with Crippen LogP contribution in [0.2, 0.25) is 0 Å². The summed E-state index contributed by atoms with van der Waals surface area (Å²) in [5, 5.41) is 0. The summed E-state index contributed by atoms with van der Waals surface area (Å²) >= 11 is 0. The van der Waals surface area contributed by atoms with Crippen LogP contribution in [0.15, 0.2) is 0 Å². The molecule has 0 atom stereocenters. The first-order valence-corrected chi connectivity index (χ1v) is 4.09. The van der Waals surface area contributed by atoms with Gasteiger partial charge in [-0.05, 0) is 19.4 Å². The molecule has 1 aliphatic rings. The molecule has 0 radical (unpaired) electrons. The molecule has 0 spiro atoms. The molecule has 2 nitrogen and oxygen atoms in total. The van der Waals surface area contributed by atoms with Gasteiger partial charge >= 0.3 is 58.4 Å². The van der Waals surface area contributed by atoms with Crippen LogP contribution in [0.4, 0.5) is 12.9 Å². The van der Waals surface area contributed by atoms with Gasteiger partial charge in [0.05, 0.1) is 6.61 Å². The molecule has 0 amide bonds. The summed E-state index contributed by atoms with van der Waals surface area (Å²) in [6.07, 6.45) is -0.0461. The van der Waals surface area contributed by atoms with Gasteiger partial charge in [-0.1, -0.05) is 0 Å². The van der Waals surface area contributed by atoms with Crippen molar-refractivity contribution in [2.75, 3.05) is 32.7 Å². The van der Waals surface area contributed by atoms with Crippen LogP contribution >= 0.6 is 0 Å². The van der Waals surface area contributed by atoms with Crippen molar-refractivity contribution < 1.29 is 69.1 Å². The average molecular weight is 221 g/mol. The Morgan fingerprint density at radius 1 is 1.15 bits per heavy atom. The molecule has 1 saturated heterocycles. The Labute approximate surface area is 119 Å². The minimum atomic E-state index is -4.67. The van der Waals surface area contributed by atoms with Gasteiger partial charge in [0.2, 0.25) is 0 Å². The molecule has 0 bridgehead atoms. The Balaban J connectivity index is 0.00000144. The first-order chi connectivity index (χ1) is 5.58. The van der Waals surface area contributed by atoms with E-state index in [4.69, 9.17) is 4.74 Å². The number of ether oxygens (including phenoxy) is 1. The zero-order valence-electron chi connectivity index (χ0n) is 7.81. The van der Waals surface area contributed by atoms with Gasteiger partial charge in [0.25, 0.3) is 0 Å². The fourth-order valence-corrected chi connectivity index (χ4v) is 1.27. The van der Waals surface area contributed by atoms with Crippen molar-refractivity contribution >= 4 is 6.98 Å². The van der Waals surface area contributed by atoms with Crippen LogP contribution in [0.1, 0.15) is 6.42 Å². The molecule has 0 aromatic rings. The van der Waals surface area contributed by atoms with Crippen molar-refractivity contribution in [3.63, 3.8) is 0 Å². The van der Waals surface area contributed by atoms with E-state index in [1.165, 1.54) is 4.90 Å². The molecule has 13 heavy (non-hydrogen) atoms. The van der Waals surface area contributed by atoms with Gasteiger partial charge in [0.1, 0.15) is 0 Å². The first-order valence-electron chi connectivity index (χ1n) is 4.09. The van der Waals surface area contributed by atoms with Crippen molar-refractivity contribution in [2.45, 2.75) is 6.42 Å². The molecule has 1 rings (SSSR count). The summed E-state index contributed by atoms with van der Waals surface area (Å²) in [7, 11) is 0. The van der Waals surface area contributed by atoms with E-state index in [9.17, 15) is 12.9 Å². The number of rotatable bonds is 2. The van der Waals surface area contributed by atoms with Gasteiger partial charge in [0, 0.05) is 13.2 Å². The largest absolute Gasteiger partial charge is 1.00 e. The van der Waals surface area contributed by atoms with Crippen molar-refractivity contribution in [2.24, 2.45) is 0 Å². The van der Waals surface area contributed by atoms with E-state index in [1.54, 1.807) is 0 Å². The summed E-state index contributed by atoms with van der Waals surface area (Å²) in [5.74, 6) is 0. The van der Waals surface area contributed by atoms with E-state index < -0.39 is 13.4 Å². The predicted molar refractivity (Wildman–Crippen MR) is 41.0 cm³/mol. The maximum atomic E-state index is 12.0. The van der Waals surface area contributed by atoms with E-state index in [2.05, 4.69) is 0 Å². The van der Waals surface area contributed by atoms with Gasteiger partial charge in [-0.3, -0.25) is 0 Å². The molecular weight excluding hydrogens is 209 g/mol. The number of hydrogen-bond acceptors (Lipinski definition) is 2. The molecule has 0 unspecified atom stereocenters. The number of nitrogens with zero attached hydrogens (tertiary/aromatic N) is 1. The van der Waals surface area contributed by atoms with Crippen LogP contribution < -0.4 is 51.4 Å². The zero-order chi connectivity index (χ0) is 9.03. The Morgan fingerprint density at radius 2 is 1.85 bits per heavy atom. The van der Waals surface area contributed by atoms with Crippen LogP contribution in [0, 0.1) is 0 Å². The minimum absolute atomic E-state index is 0. The number of halogens is 3. The average Bonchev–Trinajstić information content (AvgIpc) is 2.12. The molecule has 0 aromatic heterocycles. The summed E-state index contributed by atoms with van der Waals surface area (Å²) in [6, 6.07) is 0. The van der Waals surface area contributed by atoms with Gasteiger partial charge in [-0.15, -0.1) is 0 Å². The van der Waals surface area contributed by atoms with E-state index in [0.29, 0.717) is 32.7 Å². The van der Waals surface area contributed by atoms with Gasteiger partial charge in [-0.2, -0.15) is 0 Å². The van der Waals surface area contributed by atoms with Gasteiger partial charge in [-0.25, -0.2) is 0 Å². The standard InChI is InChI=1S/C6H12BF3NO.K/c8-7(9,10)6-11-2-1-4-12-5-3-11;/h1-6H2;/q-1;+1. The summed E-state index contributed by atoms with van der Waals surface area (Å²) < 4.78 is 40.9. The fraction of sp³-hybridized carbons (Fsp3) is 1.00. The second kappa shape index (κ2) is 6.81. The predicted octanol–water partition coefficient (Wildman–Crippen LogP) is -1.90. The molecule has 1 fully saturated rings. The van der Waals surface area contributed by atoms with Crippen LogP contribution in [0.5, 0.6) is 0 Å². The normalized spacial score (nSPS) is 20.5. The second-order valence-corrected chi connectivity index (χ2v) is 2.98. The minimum Gasteiger partial charge on any atom is -0.448 e. The Bertz CT molecular complexity index is 138. The SMILES string of the molecule is F[B-](F)(F)CN1CCCOCC1.[K+]. The van der Waals surface area contributed by atoms with Crippen LogP contribution in [-0.2, 0) is 4.74 Å². The monoisotopic (exact) mass is 221 g/mol. The third-order valence-electron chi connectivity index (χ3n) is 1.78. The quantitative estimate of drug-likeness (QED) is 0.505. The summed E-state index contributed by atoms with van der Waals surface area (Å²) in [5.41, 5.74) is 0. The van der Waals surface area contributed by atoms with E-state index in [-0.39, 0.29) is 51.4 Å². The fourth-order valence-electron chi connectivity index (χ4n) is 1.27. The summed E-state index contributed by atoms with van der Waals surface area (Å²) in [4.78, 5) is 1.41. The molecule has 0 N–H and O–H groups in total. The topological polar surface area (TPSA) is 12.5 Å². The van der Waals surface area contributed by atoms with Gasteiger partial charge < -0.3 is 22.6 Å². The van der Waals surface area contributed by atoms with Crippen LogP contribution in [-0.4, -0.2) is 44.6 Å². The Kier molecular flexibility index (Phi) is 7.55. The third kappa shape index (κ3) is 7.35. The molecule has 72 valence electrons. The molecule has 7 heteroatoms. The molecule has 0 saturated carbocycles.